The maximum atomic E-state index is 12.8. The van der Waals surface area contributed by atoms with E-state index in [1.54, 1.807) is 0 Å². The highest BCUT2D eigenvalue weighted by Gasteiger charge is 2.19. The summed E-state index contributed by atoms with van der Waals surface area (Å²) in [6, 6.07) is 0. The van der Waals surface area contributed by atoms with Crippen molar-refractivity contribution in [2.75, 3.05) is 13.2 Å². The molecule has 0 aromatic carbocycles. The van der Waals surface area contributed by atoms with Gasteiger partial charge in [-0.25, -0.2) is 0 Å². The van der Waals surface area contributed by atoms with E-state index in [1.165, 1.54) is 116 Å². The van der Waals surface area contributed by atoms with Crippen molar-refractivity contribution in [3.05, 3.63) is 72.9 Å². The van der Waals surface area contributed by atoms with E-state index in [0.717, 1.165) is 89.9 Å². The minimum atomic E-state index is -0.805. The van der Waals surface area contributed by atoms with Gasteiger partial charge in [-0.3, -0.25) is 14.4 Å². The van der Waals surface area contributed by atoms with E-state index in [0.29, 0.717) is 19.3 Å². The monoisotopic (exact) mass is 879 g/mol. The predicted molar refractivity (Wildman–Crippen MR) is 270 cm³/mol. The topological polar surface area (TPSA) is 78.9 Å². The van der Waals surface area contributed by atoms with E-state index in [9.17, 15) is 14.4 Å². The number of allylic oxidation sites excluding steroid dienone is 12. The van der Waals surface area contributed by atoms with Gasteiger partial charge < -0.3 is 14.2 Å². The van der Waals surface area contributed by atoms with Crippen molar-refractivity contribution in [2.24, 2.45) is 0 Å². The average molecular weight is 879 g/mol. The molecule has 6 heteroatoms. The Morgan fingerprint density at radius 2 is 0.587 bits per heavy atom. The van der Waals surface area contributed by atoms with Crippen molar-refractivity contribution in [3.8, 4) is 0 Å². The zero-order valence-electron chi connectivity index (χ0n) is 41.3. The summed E-state index contributed by atoms with van der Waals surface area (Å²) in [5, 5.41) is 0. The lowest BCUT2D eigenvalue weighted by molar-refractivity contribution is -0.167. The zero-order chi connectivity index (χ0) is 45.8. The molecule has 6 nitrogen and oxygen atoms in total. The van der Waals surface area contributed by atoms with Crippen LogP contribution in [-0.4, -0.2) is 37.2 Å². The SMILES string of the molecule is CCCCC/C=C\C/C=C\CCCCCCCC(=O)O[C@H](COC(=O)CCC/C=C\C/C=C\C/C=C\CCCCCCCC)COC(=O)CCCCCCC/C=C\CCCCCC. The number of unbranched alkanes of at least 4 members (excludes halogenated alkanes) is 24. The van der Waals surface area contributed by atoms with E-state index in [2.05, 4.69) is 93.7 Å². The van der Waals surface area contributed by atoms with Gasteiger partial charge in [-0.2, -0.15) is 0 Å². The third-order valence-electron chi connectivity index (χ3n) is 11.2. The van der Waals surface area contributed by atoms with Crippen LogP contribution >= 0.6 is 0 Å². The fourth-order valence-corrected chi connectivity index (χ4v) is 7.13. The quantitative estimate of drug-likeness (QED) is 0.0262. The van der Waals surface area contributed by atoms with Gasteiger partial charge in [0.15, 0.2) is 6.10 Å². The molecule has 1 atom stereocenters. The standard InChI is InChI=1S/C57H98O6/c1-4-7-10-13-16-19-22-25-27-28-30-32-35-38-41-44-47-50-56(59)62-53-54(52-61-55(58)49-46-43-40-37-34-31-24-21-18-15-12-9-6-3)63-57(60)51-48-45-42-39-36-33-29-26-23-20-17-14-11-8-5-2/h17,20-21,24-27,29-30,32,38,41,54H,4-16,18-19,22-23,28,31,33-37,39-40,42-53H2,1-3H3/b20-17-,24-21-,27-25-,29-26-,32-30-,41-38-/t54-/m0/s1. The number of hydrogen-bond donors (Lipinski definition) is 0. The van der Waals surface area contributed by atoms with Crippen LogP contribution in [0.2, 0.25) is 0 Å². The molecular weight excluding hydrogens is 781 g/mol. The van der Waals surface area contributed by atoms with Gasteiger partial charge in [-0.05, 0) is 109 Å². The summed E-state index contributed by atoms with van der Waals surface area (Å²) in [5.41, 5.74) is 0. The van der Waals surface area contributed by atoms with E-state index in [-0.39, 0.29) is 37.5 Å². The van der Waals surface area contributed by atoms with Gasteiger partial charge in [0.05, 0.1) is 0 Å². The lowest BCUT2D eigenvalue weighted by atomic mass is 10.1. The highest BCUT2D eigenvalue weighted by molar-refractivity contribution is 5.71. The predicted octanol–water partition coefficient (Wildman–Crippen LogP) is 17.4. The summed E-state index contributed by atoms with van der Waals surface area (Å²) in [7, 11) is 0. The maximum Gasteiger partial charge on any atom is 0.306 e. The van der Waals surface area contributed by atoms with Crippen LogP contribution in [-0.2, 0) is 28.6 Å². The van der Waals surface area contributed by atoms with Crippen molar-refractivity contribution < 1.29 is 28.6 Å². The van der Waals surface area contributed by atoms with E-state index >= 15 is 0 Å². The first kappa shape index (κ1) is 59.9. The summed E-state index contributed by atoms with van der Waals surface area (Å²) < 4.78 is 16.7. The molecule has 0 saturated heterocycles. The van der Waals surface area contributed by atoms with Crippen molar-refractivity contribution in [1.29, 1.82) is 0 Å². The molecule has 0 spiro atoms. The number of rotatable bonds is 47. The van der Waals surface area contributed by atoms with E-state index in [1.807, 2.05) is 0 Å². The van der Waals surface area contributed by atoms with Crippen LogP contribution in [0.1, 0.15) is 252 Å². The first-order valence-electron chi connectivity index (χ1n) is 26.4. The average Bonchev–Trinajstić information content (AvgIpc) is 3.28. The molecular formula is C57H98O6. The molecule has 0 saturated carbocycles. The molecule has 362 valence electrons. The molecule has 0 rings (SSSR count). The first-order valence-corrected chi connectivity index (χ1v) is 26.4. The van der Waals surface area contributed by atoms with Crippen LogP contribution in [0, 0.1) is 0 Å². The van der Waals surface area contributed by atoms with Crippen LogP contribution < -0.4 is 0 Å². The second-order valence-electron chi connectivity index (χ2n) is 17.4. The van der Waals surface area contributed by atoms with Gasteiger partial charge in [0.2, 0.25) is 0 Å². The van der Waals surface area contributed by atoms with Gasteiger partial charge in [-0.1, -0.05) is 196 Å². The summed E-state index contributed by atoms with van der Waals surface area (Å²) in [6.45, 7) is 6.53. The highest BCUT2D eigenvalue weighted by atomic mass is 16.6. The van der Waals surface area contributed by atoms with Crippen molar-refractivity contribution in [3.63, 3.8) is 0 Å². The third-order valence-corrected chi connectivity index (χ3v) is 11.2. The fraction of sp³-hybridized carbons (Fsp3) is 0.737. The number of carbonyl (C=O) groups excluding carboxylic acids is 3. The van der Waals surface area contributed by atoms with E-state index < -0.39 is 6.10 Å². The van der Waals surface area contributed by atoms with Crippen LogP contribution in [0.25, 0.3) is 0 Å². The Balaban J connectivity index is 4.49. The van der Waals surface area contributed by atoms with Gasteiger partial charge in [0.1, 0.15) is 13.2 Å². The second-order valence-corrected chi connectivity index (χ2v) is 17.4. The Bertz CT molecular complexity index is 1190. The van der Waals surface area contributed by atoms with Gasteiger partial charge in [0.25, 0.3) is 0 Å². The lowest BCUT2D eigenvalue weighted by Gasteiger charge is -2.18. The van der Waals surface area contributed by atoms with Gasteiger partial charge in [0, 0.05) is 19.3 Å². The highest BCUT2D eigenvalue weighted by Crippen LogP contribution is 2.13. The molecule has 0 radical (unpaired) electrons. The maximum absolute atomic E-state index is 12.8. The van der Waals surface area contributed by atoms with Crippen LogP contribution in [0.3, 0.4) is 0 Å². The number of ether oxygens (including phenoxy) is 3. The molecule has 0 fully saturated rings. The molecule has 0 aromatic heterocycles. The summed E-state index contributed by atoms with van der Waals surface area (Å²) in [4.78, 5) is 38.0. The molecule has 0 aromatic rings. The van der Waals surface area contributed by atoms with Crippen LogP contribution in [0.4, 0.5) is 0 Å². The summed E-state index contributed by atoms with van der Waals surface area (Å²) >= 11 is 0. The smallest absolute Gasteiger partial charge is 0.306 e. The second kappa shape index (κ2) is 51.5. The van der Waals surface area contributed by atoms with Crippen molar-refractivity contribution in [2.45, 2.75) is 258 Å². The van der Waals surface area contributed by atoms with Gasteiger partial charge >= 0.3 is 17.9 Å². The Morgan fingerprint density at radius 3 is 1.02 bits per heavy atom. The Morgan fingerprint density at radius 1 is 0.317 bits per heavy atom. The molecule has 63 heavy (non-hydrogen) atoms. The third kappa shape index (κ3) is 49.7. The van der Waals surface area contributed by atoms with Gasteiger partial charge in [-0.15, -0.1) is 0 Å². The van der Waals surface area contributed by atoms with Crippen molar-refractivity contribution >= 4 is 17.9 Å². The molecule has 0 unspecified atom stereocenters. The molecule has 0 aliphatic heterocycles. The summed E-state index contributed by atoms with van der Waals surface area (Å²) in [5.74, 6) is -0.976. The minimum Gasteiger partial charge on any atom is -0.462 e. The first-order chi connectivity index (χ1) is 31.0. The molecule has 0 N–H and O–H groups in total. The zero-order valence-corrected chi connectivity index (χ0v) is 41.3. The normalized spacial score (nSPS) is 12.6. The van der Waals surface area contributed by atoms with Crippen LogP contribution in [0.5, 0.6) is 0 Å². The molecule has 0 aliphatic carbocycles. The number of esters is 3. The Kier molecular flexibility index (Phi) is 48.9. The number of carbonyl (C=O) groups is 3. The Hall–Kier alpha value is -3.15. The lowest BCUT2D eigenvalue weighted by Crippen LogP contribution is -2.30. The van der Waals surface area contributed by atoms with Crippen molar-refractivity contribution in [1.82, 2.24) is 0 Å². The number of hydrogen-bond acceptors (Lipinski definition) is 6. The van der Waals surface area contributed by atoms with E-state index in [4.69, 9.17) is 14.2 Å². The molecule has 0 aliphatic rings. The molecule has 0 bridgehead atoms. The Labute approximate surface area is 389 Å². The minimum absolute atomic E-state index is 0.101. The largest absolute Gasteiger partial charge is 0.462 e. The van der Waals surface area contributed by atoms with Crippen LogP contribution in [0.15, 0.2) is 72.9 Å². The molecule has 0 heterocycles. The fourth-order valence-electron chi connectivity index (χ4n) is 7.13. The molecule has 0 amide bonds. The summed E-state index contributed by atoms with van der Waals surface area (Å²) in [6.07, 6.45) is 64.6.